The Morgan fingerprint density at radius 3 is 2.32 bits per heavy atom. The van der Waals surface area contributed by atoms with Crippen LogP contribution < -0.4 is 15.0 Å². The molecule has 6 nitrogen and oxygen atoms in total. The fourth-order valence-electron chi connectivity index (χ4n) is 3.10. The van der Waals surface area contributed by atoms with Crippen molar-refractivity contribution in [1.29, 1.82) is 0 Å². The van der Waals surface area contributed by atoms with Crippen LogP contribution in [0.2, 0.25) is 0 Å². The number of urea groups is 1. The summed E-state index contributed by atoms with van der Waals surface area (Å²) in [5.41, 5.74) is 1.15. The molecule has 0 aromatic heterocycles. The Morgan fingerprint density at radius 2 is 1.75 bits per heavy atom. The molecule has 3 rings (SSSR count). The molecule has 0 fully saturated rings. The van der Waals surface area contributed by atoms with Crippen LogP contribution in [0.4, 0.5) is 19.3 Å². The largest absolute Gasteiger partial charge is 0.497 e. The highest BCUT2D eigenvalue weighted by Gasteiger charge is 2.37. The van der Waals surface area contributed by atoms with E-state index in [4.69, 9.17) is 9.47 Å². The van der Waals surface area contributed by atoms with Gasteiger partial charge in [0.15, 0.2) is 11.6 Å². The molecule has 0 bridgehead atoms. The molecule has 2 aromatic carbocycles. The van der Waals surface area contributed by atoms with Crippen LogP contribution in [0.1, 0.15) is 18.5 Å². The predicted molar refractivity (Wildman–Crippen MR) is 97.8 cm³/mol. The molecule has 1 N–H and O–H groups in total. The average Bonchev–Trinajstić information content (AvgIpc) is 2.69. The smallest absolute Gasteiger partial charge is 0.337 e. The summed E-state index contributed by atoms with van der Waals surface area (Å²) in [6.45, 7) is 1.59. The number of anilines is 1. The lowest BCUT2D eigenvalue weighted by molar-refractivity contribution is -0.136. The van der Waals surface area contributed by atoms with Crippen molar-refractivity contribution in [1.82, 2.24) is 5.32 Å². The van der Waals surface area contributed by atoms with Gasteiger partial charge in [-0.05, 0) is 48.9 Å². The number of nitrogens with zero attached hydrogens (tertiary/aromatic N) is 1. The molecule has 28 heavy (non-hydrogen) atoms. The number of rotatable bonds is 4. The van der Waals surface area contributed by atoms with E-state index in [1.54, 1.807) is 31.2 Å². The van der Waals surface area contributed by atoms with Gasteiger partial charge in [-0.3, -0.25) is 4.90 Å². The number of ether oxygens (including phenoxy) is 2. The third-order valence-corrected chi connectivity index (χ3v) is 4.50. The van der Waals surface area contributed by atoms with Gasteiger partial charge in [-0.25, -0.2) is 18.4 Å². The van der Waals surface area contributed by atoms with Crippen LogP contribution in [0, 0.1) is 11.6 Å². The minimum absolute atomic E-state index is 0.115. The molecule has 2 aromatic rings. The first-order valence-corrected chi connectivity index (χ1v) is 8.36. The van der Waals surface area contributed by atoms with Crippen molar-refractivity contribution >= 4 is 17.7 Å². The summed E-state index contributed by atoms with van der Waals surface area (Å²) in [5, 5.41) is 2.66. The second kappa shape index (κ2) is 7.67. The van der Waals surface area contributed by atoms with E-state index < -0.39 is 29.7 Å². The van der Waals surface area contributed by atoms with Crippen LogP contribution in [0.25, 0.3) is 0 Å². The van der Waals surface area contributed by atoms with Crippen molar-refractivity contribution < 1.29 is 27.8 Å². The predicted octanol–water partition coefficient (Wildman–Crippen LogP) is 3.69. The van der Waals surface area contributed by atoms with Gasteiger partial charge in [0.05, 0.1) is 31.5 Å². The van der Waals surface area contributed by atoms with Gasteiger partial charge in [0.1, 0.15) is 5.75 Å². The minimum atomic E-state index is -1.08. The van der Waals surface area contributed by atoms with Gasteiger partial charge in [-0.2, -0.15) is 0 Å². The number of carbonyl (C=O) groups excluding carboxylic acids is 2. The van der Waals surface area contributed by atoms with Crippen molar-refractivity contribution in [3.8, 4) is 5.75 Å². The highest BCUT2D eigenvalue weighted by Crippen LogP contribution is 2.34. The SMILES string of the molecule is COC(=O)C1=C(C)N(c2ccc(OC)cc2)C(=O)N[C@@H]1c1ccc(F)c(F)c1. The quantitative estimate of drug-likeness (QED) is 0.812. The van der Waals surface area contributed by atoms with E-state index >= 15 is 0 Å². The van der Waals surface area contributed by atoms with Gasteiger partial charge >= 0.3 is 12.0 Å². The van der Waals surface area contributed by atoms with Crippen molar-refractivity contribution in [2.24, 2.45) is 0 Å². The number of methoxy groups -OCH3 is 2. The molecule has 1 atom stereocenters. The first kappa shape index (κ1) is 19.3. The summed E-state index contributed by atoms with van der Waals surface area (Å²) >= 11 is 0. The Hall–Kier alpha value is -3.42. The Balaban J connectivity index is 2.11. The maximum absolute atomic E-state index is 13.7. The number of amides is 2. The van der Waals surface area contributed by atoms with Crippen molar-refractivity contribution in [2.75, 3.05) is 19.1 Å². The molecule has 8 heteroatoms. The van der Waals surface area contributed by atoms with Gasteiger partial charge in [-0.1, -0.05) is 6.07 Å². The van der Waals surface area contributed by atoms with Crippen molar-refractivity contribution in [2.45, 2.75) is 13.0 Å². The molecule has 0 radical (unpaired) electrons. The zero-order chi connectivity index (χ0) is 20.4. The first-order chi connectivity index (χ1) is 13.4. The molecule has 1 aliphatic rings. The van der Waals surface area contributed by atoms with Crippen LogP contribution in [-0.2, 0) is 9.53 Å². The molecule has 0 spiro atoms. The van der Waals surface area contributed by atoms with Gasteiger partial charge in [0, 0.05) is 5.70 Å². The van der Waals surface area contributed by atoms with Gasteiger partial charge in [0.25, 0.3) is 0 Å². The molecular weight excluding hydrogens is 370 g/mol. The lowest BCUT2D eigenvalue weighted by atomic mass is 9.94. The van der Waals surface area contributed by atoms with Crippen LogP contribution in [0.5, 0.6) is 5.75 Å². The topological polar surface area (TPSA) is 67.9 Å². The second-order valence-corrected chi connectivity index (χ2v) is 6.08. The van der Waals surface area contributed by atoms with Crippen LogP contribution in [0.15, 0.2) is 53.7 Å². The molecule has 1 heterocycles. The first-order valence-electron chi connectivity index (χ1n) is 8.36. The lowest BCUT2D eigenvalue weighted by Crippen LogP contribution is -2.48. The number of benzene rings is 2. The third-order valence-electron chi connectivity index (χ3n) is 4.50. The monoisotopic (exact) mass is 388 g/mol. The van der Waals surface area contributed by atoms with E-state index in [0.29, 0.717) is 17.1 Å². The number of esters is 1. The van der Waals surface area contributed by atoms with E-state index in [1.165, 1.54) is 25.2 Å². The summed E-state index contributed by atoms with van der Waals surface area (Å²) in [7, 11) is 2.73. The number of nitrogens with one attached hydrogen (secondary N) is 1. The molecular formula is C20H18F2N2O4. The zero-order valence-corrected chi connectivity index (χ0v) is 15.5. The molecule has 0 saturated carbocycles. The number of halogens is 2. The van der Waals surface area contributed by atoms with Gasteiger partial charge in [0.2, 0.25) is 0 Å². The second-order valence-electron chi connectivity index (χ2n) is 6.08. The molecule has 2 amide bonds. The number of hydrogen-bond acceptors (Lipinski definition) is 4. The molecule has 0 aliphatic carbocycles. The van der Waals surface area contributed by atoms with Gasteiger partial charge < -0.3 is 14.8 Å². The maximum atomic E-state index is 13.7. The van der Waals surface area contributed by atoms with Crippen molar-refractivity contribution in [3.63, 3.8) is 0 Å². The fourth-order valence-corrected chi connectivity index (χ4v) is 3.10. The van der Waals surface area contributed by atoms with E-state index in [2.05, 4.69) is 5.32 Å². The highest BCUT2D eigenvalue weighted by molar-refractivity contribution is 6.03. The van der Waals surface area contributed by atoms with Gasteiger partial charge in [-0.15, -0.1) is 0 Å². The summed E-state index contributed by atoms with van der Waals surface area (Å²) in [6, 6.07) is 8.36. The van der Waals surface area contributed by atoms with Crippen LogP contribution in [-0.4, -0.2) is 26.2 Å². The summed E-state index contributed by atoms with van der Waals surface area (Å²) in [4.78, 5) is 26.5. The third kappa shape index (κ3) is 3.40. The van der Waals surface area contributed by atoms with Crippen LogP contribution >= 0.6 is 0 Å². The zero-order valence-electron chi connectivity index (χ0n) is 15.5. The Bertz CT molecular complexity index is 957. The standard InChI is InChI=1S/C20H18F2N2O4/c1-11-17(19(25)28-3)18(12-4-9-15(21)16(22)10-12)23-20(26)24(11)13-5-7-14(27-2)8-6-13/h4-10,18H,1-3H3,(H,23,26)/t18-/m1/s1. The van der Waals surface area contributed by atoms with Crippen molar-refractivity contribution in [3.05, 3.63) is 70.9 Å². The van der Waals surface area contributed by atoms with E-state index in [0.717, 1.165) is 12.1 Å². The number of hydrogen-bond donors (Lipinski definition) is 1. The van der Waals surface area contributed by atoms with E-state index in [1.807, 2.05) is 0 Å². The maximum Gasteiger partial charge on any atom is 0.337 e. The average molecular weight is 388 g/mol. The molecule has 0 unspecified atom stereocenters. The highest BCUT2D eigenvalue weighted by atomic mass is 19.2. The fraction of sp³-hybridized carbons (Fsp3) is 0.200. The summed E-state index contributed by atoms with van der Waals surface area (Å²) < 4.78 is 37.0. The molecule has 1 aliphatic heterocycles. The lowest BCUT2D eigenvalue weighted by Gasteiger charge is -2.35. The number of allylic oxidation sites excluding steroid dienone is 1. The Kier molecular flexibility index (Phi) is 5.30. The number of carbonyl (C=O) groups is 2. The summed E-state index contributed by atoms with van der Waals surface area (Å²) in [5.74, 6) is -2.18. The Morgan fingerprint density at radius 1 is 1.07 bits per heavy atom. The minimum Gasteiger partial charge on any atom is -0.497 e. The van der Waals surface area contributed by atoms with E-state index in [-0.39, 0.29) is 11.1 Å². The normalized spacial score (nSPS) is 16.7. The summed E-state index contributed by atoms with van der Waals surface area (Å²) in [6.07, 6.45) is 0. The molecule has 0 saturated heterocycles. The Labute approximate surface area is 160 Å². The van der Waals surface area contributed by atoms with E-state index in [9.17, 15) is 18.4 Å². The van der Waals surface area contributed by atoms with Crippen LogP contribution in [0.3, 0.4) is 0 Å². The molecule has 146 valence electrons.